The maximum atomic E-state index is 13.6. The molecule has 0 aliphatic carbocycles. The van der Waals surface area contributed by atoms with Crippen LogP contribution < -0.4 is 19.3 Å². The van der Waals surface area contributed by atoms with Gasteiger partial charge in [-0.25, -0.2) is 9.59 Å². The summed E-state index contributed by atoms with van der Waals surface area (Å²) in [6.45, 7) is 4.08. The zero-order valence-corrected chi connectivity index (χ0v) is 31.1. The van der Waals surface area contributed by atoms with Crippen molar-refractivity contribution in [2.75, 3.05) is 50.4 Å². The summed E-state index contributed by atoms with van der Waals surface area (Å²) in [7, 11) is 2.81. The van der Waals surface area contributed by atoms with Crippen LogP contribution in [0.2, 0.25) is 0 Å². The Hall–Kier alpha value is -4.98. The fraction of sp³-hybridized carbons (Fsp3) is 0.333. The lowest BCUT2D eigenvalue weighted by Crippen LogP contribution is -2.54. The molecule has 2 aromatic heterocycles. The van der Waals surface area contributed by atoms with Gasteiger partial charge in [-0.3, -0.25) is 24.7 Å². The third kappa shape index (κ3) is 9.46. The Labute approximate surface area is 312 Å². The number of hydrogen-bond acceptors (Lipinski definition) is 11. The van der Waals surface area contributed by atoms with E-state index in [-0.39, 0.29) is 24.8 Å². The van der Waals surface area contributed by atoms with Gasteiger partial charge in [0, 0.05) is 19.6 Å². The van der Waals surface area contributed by atoms with Gasteiger partial charge in [-0.15, -0.1) is 22.7 Å². The number of benzene rings is 3. The molecule has 0 spiro atoms. The summed E-state index contributed by atoms with van der Waals surface area (Å²) >= 11 is 2.78. The summed E-state index contributed by atoms with van der Waals surface area (Å²) in [5, 5.41) is 1.39. The smallest absolute Gasteiger partial charge is 0.415 e. The predicted octanol–water partition coefficient (Wildman–Crippen LogP) is 7.58. The van der Waals surface area contributed by atoms with Gasteiger partial charge >= 0.3 is 12.2 Å². The van der Waals surface area contributed by atoms with E-state index in [9.17, 15) is 9.59 Å². The molecule has 5 aromatic rings. The van der Waals surface area contributed by atoms with E-state index in [1.807, 2.05) is 48.5 Å². The molecule has 11 nitrogen and oxygen atoms in total. The highest BCUT2D eigenvalue weighted by Crippen LogP contribution is 2.34. The van der Waals surface area contributed by atoms with E-state index in [2.05, 4.69) is 52.1 Å². The Bertz CT molecular complexity index is 1740. The number of nitrogens with zero attached hydrogens (tertiary/aromatic N) is 5. The van der Waals surface area contributed by atoms with Crippen LogP contribution in [0.3, 0.4) is 0 Å². The largest absolute Gasteiger partial charge is 0.454 e. The molecular formula is C39H43N5O6S2. The summed E-state index contributed by atoms with van der Waals surface area (Å²) in [6, 6.07) is 25.7. The lowest BCUT2D eigenvalue weighted by atomic mass is 9.97. The third-order valence-electron chi connectivity index (χ3n) is 8.94. The normalized spacial score (nSPS) is 13.7. The van der Waals surface area contributed by atoms with Crippen molar-refractivity contribution in [1.82, 2.24) is 14.9 Å². The Morgan fingerprint density at radius 2 is 1.21 bits per heavy atom. The number of ether oxygens (including phenoxy) is 4. The van der Waals surface area contributed by atoms with Crippen molar-refractivity contribution in [3.63, 3.8) is 0 Å². The summed E-state index contributed by atoms with van der Waals surface area (Å²) in [4.78, 5) is 41.6. The maximum absolute atomic E-state index is 13.6. The van der Waals surface area contributed by atoms with Gasteiger partial charge in [0.15, 0.2) is 11.5 Å². The number of amides is 2. The van der Waals surface area contributed by atoms with Gasteiger partial charge in [-0.2, -0.15) is 0 Å². The molecule has 52 heavy (non-hydrogen) atoms. The van der Waals surface area contributed by atoms with E-state index in [4.69, 9.17) is 18.9 Å². The van der Waals surface area contributed by atoms with Crippen molar-refractivity contribution in [2.24, 2.45) is 5.92 Å². The molecule has 272 valence electrons. The van der Waals surface area contributed by atoms with E-state index in [0.29, 0.717) is 42.5 Å². The second-order valence-electron chi connectivity index (χ2n) is 12.8. The Morgan fingerprint density at radius 3 is 1.69 bits per heavy atom. The number of rotatable bonds is 16. The van der Waals surface area contributed by atoms with E-state index in [1.165, 1.54) is 36.9 Å². The van der Waals surface area contributed by atoms with Gasteiger partial charge in [0.05, 0.1) is 49.7 Å². The molecule has 0 bridgehead atoms. The maximum Gasteiger partial charge on any atom is 0.415 e. The first-order valence-corrected chi connectivity index (χ1v) is 18.9. The molecule has 3 atom stereocenters. The van der Waals surface area contributed by atoms with E-state index < -0.39 is 12.2 Å². The highest BCUT2D eigenvalue weighted by molar-refractivity contribution is 7.14. The van der Waals surface area contributed by atoms with Crippen molar-refractivity contribution in [2.45, 2.75) is 38.3 Å². The van der Waals surface area contributed by atoms with Crippen LogP contribution in [0.1, 0.15) is 23.6 Å². The first-order valence-electron chi connectivity index (χ1n) is 17.1. The molecule has 1 aliphatic rings. The molecule has 0 radical (unpaired) electrons. The number of fused-ring (bicyclic) bond motifs is 1. The summed E-state index contributed by atoms with van der Waals surface area (Å²) in [5.74, 6) is 1.69. The number of methoxy groups -OCH3 is 2. The van der Waals surface area contributed by atoms with Crippen LogP contribution in [0.15, 0.2) is 102 Å². The highest BCUT2D eigenvalue weighted by Gasteiger charge is 2.34. The number of carbonyl (C=O) groups excluding carboxylic acids is 2. The van der Waals surface area contributed by atoms with Crippen LogP contribution in [0, 0.1) is 5.92 Å². The van der Waals surface area contributed by atoms with E-state index >= 15 is 0 Å². The minimum Gasteiger partial charge on any atom is -0.454 e. The third-order valence-corrected chi connectivity index (χ3v) is 10.5. The average molecular weight is 742 g/mol. The monoisotopic (exact) mass is 741 g/mol. The van der Waals surface area contributed by atoms with Gasteiger partial charge in [-0.05, 0) is 54.0 Å². The SMILES string of the molecule is COC(=O)N(c1cncs1)[C@@H](Cc1ccccc1)CN(CC(C)Cc1ccc2c(c1)OCO2)C[C@H](Cc1ccccc1)N(C(=O)OC)c1cncs1. The van der Waals surface area contributed by atoms with E-state index in [0.717, 1.165) is 34.6 Å². The lowest BCUT2D eigenvalue weighted by Gasteiger charge is -2.38. The second kappa shape index (κ2) is 18.0. The van der Waals surface area contributed by atoms with Gasteiger partial charge < -0.3 is 18.9 Å². The molecule has 13 heteroatoms. The number of carbonyl (C=O) groups is 2. The zero-order chi connectivity index (χ0) is 36.3. The predicted molar refractivity (Wildman–Crippen MR) is 204 cm³/mol. The van der Waals surface area contributed by atoms with Crippen molar-refractivity contribution in [1.29, 1.82) is 0 Å². The van der Waals surface area contributed by atoms with Crippen LogP contribution in [0.25, 0.3) is 0 Å². The summed E-state index contributed by atoms with van der Waals surface area (Å²) in [6.07, 6.45) is 4.41. The second-order valence-corrected chi connectivity index (χ2v) is 14.5. The van der Waals surface area contributed by atoms with Crippen molar-refractivity contribution in [3.8, 4) is 11.5 Å². The molecular weight excluding hydrogens is 699 g/mol. The molecule has 3 heterocycles. The minimum absolute atomic E-state index is 0.181. The summed E-state index contributed by atoms with van der Waals surface area (Å²) in [5.41, 5.74) is 6.74. The number of thiazole rings is 2. The lowest BCUT2D eigenvalue weighted by molar-refractivity contribution is 0.162. The molecule has 1 aliphatic heterocycles. The Balaban J connectivity index is 1.37. The topological polar surface area (TPSA) is 107 Å². The van der Waals surface area contributed by atoms with E-state index in [1.54, 1.807) is 33.2 Å². The number of anilines is 2. The molecule has 0 saturated heterocycles. The molecule has 3 aromatic carbocycles. The van der Waals surface area contributed by atoms with Crippen molar-refractivity contribution < 1.29 is 28.5 Å². The molecule has 0 N–H and O–H groups in total. The van der Waals surface area contributed by atoms with Gasteiger partial charge in [0.25, 0.3) is 0 Å². The molecule has 6 rings (SSSR count). The van der Waals surface area contributed by atoms with Crippen LogP contribution in [0.4, 0.5) is 19.6 Å². The summed E-state index contributed by atoms with van der Waals surface area (Å²) < 4.78 is 22.0. The Kier molecular flexibility index (Phi) is 12.7. The molecule has 1 unspecified atom stereocenters. The van der Waals surface area contributed by atoms with Gasteiger partial charge in [0.2, 0.25) is 6.79 Å². The fourth-order valence-corrected chi connectivity index (χ4v) is 8.11. The quantitative estimate of drug-likeness (QED) is 0.101. The van der Waals surface area contributed by atoms with Crippen LogP contribution in [-0.2, 0) is 28.7 Å². The standard InChI is InChI=1S/C39H43N5O6S2/c1-28(16-31-14-15-34-35(19-31)50-27-49-34)22-42(23-32(17-29-10-6-4-7-11-29)43(38(45)47-2)36-20-40-25-51-36)24-33(18-30-12-8-5-9-13-30)44(39(46)48-3)37-21-41-26-52-37/h4-15,19-21,25-26,28,32-33H,16-18,22-24,27H2,1-3H3/t28?,32-,33-/m0/s1. The van der Waals surface area contributed by atoms with Crippen LogP contribution in [-0.4, -0.2) is 79.8 Å². The van der Waals surface area contributed by atoms with Crippen LogP contribution >= 0.6 is 22.7 Å². The Morgan fingerprint density at radius 1 is 0.692 bits per heavy atom. The molecule has 0 fully saturated rings. The van der Waals surface area contributed by atoms with Gasteiger partial charge in [0.1, 0.15) is 10.0 Å². The highest BCUT2D eigenvalue weighted by atomic mass is 32.1. The first-order chi connectivity index (χ1) is 25.4. The average Bonchev–Trinajstić information content (AvgIpc) is 3.97. The van der Waals surface area contributed by atoms with Gasteiger partial charge in [-0.1, -0.05) is 73.7 Å². The van der Waals surface area contributed by atoms with Crippen LogP contribution in [0.5, 0.6) is 11.5 Å². The van der Waals surface area contributed by atoms with Crippen molar-refractivity contribution in [3.05, 3.63) is 119 Å². The minimum atomic E-state index is -0.458. The number of aromatic nitrogens is 2. The number of hydrogen-bond donors (Lipinski definition) is 0. The molecule has 0 saturated carbocycles. The molecule has 2 amide bonds. The fourth-order valence-electron chi connectivity index (χ4n) is 6.73. The van der Waals surface area contributed by atoms with Crippen molar-refractivity contribution >= 4 is 44.9 Å². The zero-order valence-electron chi connectivity index (χ0n) is 29.5. The first kappa shape index (κ1) is 36.8.